The van der Waals surface area contributed by atoms with E-state index in [4.69, 9.17) is 0 Å². The van der Waals surface area contributed by atoms with Crippen LogP contribution < -0.4 is 10.0 Å². The molecule has 144 valence electrons. The molecule has 2 aromatic rings. The maximum Gasteiger partial charge on any atom is 0.240 e. The number of hydrogen-bond acceptors (Lipinski definition) is 3. The van der Waals surface area contributed by atoms with Crippen molar-refractivity contribution in [2.75, 3.05) is 11.9 Å². The number of sulfonamides is 1. The Kier molecular flexibility index (Phi) is 6.29. The third-order valence-corrected chi connectivity index (χ3v) is 6.41. The number of carbonyl (C=O) groups excluding carboxylic acids is 1. The first-order chi connectivity index (χ1) is 13.0. The minimum atomic E-state index is -3.61. The lowest BCUT2D eigenvalue weighted by molar-refractivity contribution is -0.116. The quantitative estimate of drug-likeness (QED) is 0.765. The number of amides is 1. The summed E-state index contributed by atoms with van der Waals surface area (Å²) in [6.45, 7) is 2.09. The zero-order valence-corrected chi connectivity index (χ0v) is 16.4. The van der Waals surface area contributed by atoms with Gasteiger partial charge in [-0.15, -0.1) is 0 Å². The molecule has 0 unspecified atom stereocenters. The van der Waals surface area contributed by atoms with E-state index in [-0.39, 0.29) is 23.8 Å². The normalized spacial score (nSPS) is 13.8. The lowest BCUT2D eigenvalue weighted by atomic mass is 9.92. The van der Waals surface area contributed by atoms with E-state index in [1.54, 1.807) is 12.1 Å². The van der Waals surface area contributed by atoms with Crippen molar-refractivity contribution in [1.29, 1.82) is 0 Å². The third-order valence-electron chi connectivity index (χ3n) is 4.95. The average molecular weight is 387 g/mol. The molecule has 0 spiro atoms. The van der Waals surface area contributed by atoms with Gasteiger partial charge in [0.15, 0.2) is 0 Å². The predicted molar refractivity (Wildman–Crippen MR) is 107 cm³/mol. The van der Waals surface area contributed by atoms with E-state index >= 15 is 0 Å². The molecule has 3 rings (SSSR count). The fraction of sp³-hybridized carbons (Fsp3) is 0.381. The number of anilines is 1. The monoisotopic (exact) mass is 386 g/mol. The number of para-hydroxylation sites is 1. The number of carbonyl (C=O) groups is 1. The van der Waals surface area contributed by atoms with E-state index in [0.717, 1.165) is 48.9 Å². The molecule has 0 saturated heterocycles. The highest BCUT2D eigenvalue weighted by Crippen LogP contribution is 2.24. The largest absolute Gasteiger partial charge is 0.326 e. The highest BCUT2D eigenvalue weighted by molar-refractivity contribution is 7.89. The van der Waals surface area contributed by atoms with Gasteiger partial charge in [-0.3, -0.25) is 4.79 Å². The smallest absolute Gasteiger partial charge is 0.240 e. The van der Waals surface area contributed by atoms with Crippen LogP contribution in [0.25, 0.3) is 0 Å². The molecule has 1 aliphatic rings. The van der Waals surface area contributed by atoms with E-state index < -0.39 is 10.0 Å². The molecule has 2 aromatic carbocycles. The molecule has 0 aromatic heterocycles. The van der Waals surface area contributed by atoms with Crippen LogP contribution in [0.15, 0.2) is 47.4 Å². The van der Waals surface area contributed by atoms with Crippen LogP contribution >= 0.6 is 0 Å². The maximum atomic E-state index is 12.5. The van der Waals surface area contributed by atoms with Gasteiger partial charge in [0.05, 0.1) is 4.90 Å². The molecular formula is C21H26N2O3S. The number of benzene rings is 2. The summed E-state index contributed by atoms with van der Waals surface area (Å²) >= 11 is 0. The first-order valence-electron chi connectivity index (χ1n) is 9.49. The van der Waals surface area contributed by atoms with Crippen molar-refractivity contribution in [1.82, 2.24) is 4.72 Å². The van der Waals surface area contributed by atoms with Crippen LogP contribution in [0, 0.1) is 0 Å². The predicted octanol–water partition coefficient (Wildman–Crippen LogP) is 3.43. The molecule has 2 N–H and O–H groups in total. The first kappa shape index (κ1) is 19.6. The zero-order chi connectivity index (χ0) is 19.3. The lowest BCUT2D eigenvalue weighted by Crippen LogP contribution is -2.28. The Bertz CT molecular complexity index is 923. The second-order valence-corrected chi connectivity index (χ2v) is 8.61. The minimum absolute atomic E-state index is 0.0690. The van der Waals surface area contributed by atoms with Crippen LogP contribution in [0.5, 0.6) is 0 Å². The Labute approximate surface area is 161 Å². The summed E-state index contributed by atoms with van der Waals surface area (Å²) < 4.78 is 27.6. The Balaban J connectivity index is 1.57. The number of nitrogens with one attached hydrogen (secondary N) is 2. The molecule has 6 heteroatoms. The van der Waals surface area contributed by atoms with Crippen molar-refractivity contribution < 1.29 is 13.2 Å². The summed E-state index contributed by atoms with van der Waals surface area (Å²) in [5.74, 6) is -0.205. The zero-order valence-electron chi connectivity index (χ0n) is 15.6. The SMILES string of the molecule is CCc1ccccc1NC(=O)CCNS(=O)(=O)c1ccc2c(c1)CCCC2. The van der Waals surface area contributed by atoms with Gasteiger partial charge in [0.2, 0.25) is 15.9 Å². The summed E-state index contributed by atoms with van der Waals surface area (Å²) in [6, 6.07) is 13.0. The topological polar surface area (TPSA) is 75.3 Å². The van der Waals surface area contributed by atoms with Crippen LogP contribution in [0.2, 0.25) is 0 Å². The summed E-state index contributed by atoms with van der Waals surface area (Å²) in [4.78, 5) is 12.4. The highest BCUT2D eigenvalue weighted by Gasteiger charge is 2.18. The number of fused-ring (bicyclic) bond motifs is 1. The van der Waals surface area contributed by atoms with Crippen LogP contribution in [0.3, 0.4) is 0 Å². The molecule has 0 heterocycles. The molecule has 1 amide bonds. The maximum absolute atomic E-state index is 12.5. The van der Waals surface area contributed by atoms with E-state index in [1.807, 2.05) is 37.3 Å². The van der Waals surface area contributed by atoms with Gasteiger partial charge >= 0.3 is 0 Å². The van der Waals surface area contributed by atoms with E-state index in [1.165, 1.54) is 5.56 Å². The molecule has 27 heavy (non-hydrogen) atoms. The van der Waals surface area contributed by atoms with Gasteiger partial charge in [-0.2, -0.15) is 0 Å². The van der Waals surface area contributed by atoms with E-state index in [9.17, 15) is 13.2 Å². The van der Waals surface area contributed by atoms with Crippen LogP contribution in [0.4, 0.5) is 5.69 Å². The fourth-order valence-electron chi connectivity index (χ4n) is 3.42. The molecule has 0 radical (unpaired) electrons. The van der Waals surface area contributed by atoms with Gasteiger partial charge in [0, 0.05) is 18.7 Å². The average Bonchev–Trinajstić information content (AvgIpc) is 2.68. The van der Waals surface area contributed by atoms with Gasteiger partial charge in [-0.25, -0.2) is 13.1 Å². The van der Waals surface area contributed by atoms with Gasteiger partial charge in [0.1, 0.15) is 0 Å². The summed E-state index contributed by atoms with van der Waals surface area (Å²) in [5, 5.41) is 2.85. The minimum Gasteiger partial charge on any atom is -0.326 e. The van der Waals surface area contributed by atoms with Crippen molar-refractivity contribution >= 4 is 21.6 Å². The number of rotatable bonds is 7. The molecule has 0 atom stereocenters. The standard InChI is InChI=1S/C21H26N2O3S/c1-2-16-7-5-6-10-20(16)23-21(24)13-14-22-27(25,26)19-12-11-17-8-3-4-9-18(17)15-19/h5-7,10-12,15,22H,2-4,8-9,13-14H2,1H3,(H,23,24). The van der Waals surface area contributed by atoms with Crippen molar-refractivity contribution in [3.63, 3.8) is 0 Å². The van der Waals surface area contributed by atoms with Crippen molar-refractivity contribution in [2.24, 2.45) is 0 Å². The first-order valence-corrected chi connectivity index (χ1v) is 11.0. The molecule has 5 nitrogen and oxygen atoms in total. The molecule has 0 bridgehead atoms. The highest BCUT2D eigenvalue weighted by atomic mass is 32.2. The molecular weight excluding hydrogens is 360 g/mol. The second kappa shape index (κ2) is 8.67. The van der Waals surface area contributed by atoms with E-state index in [2.05, 4.69) is 10.0 Å². The van der Waals surface area contributed by atoms with Crippen molar-refractivity contribution in [2.45, 2.75) is 50.3 Å². The Morgan fingerprint density at radius 1 is 1.04 bits per heavy atom. The van der Waals surface area contributed by atoms with Crippen molar-refractivity contribution in [3.05, 3.63) is 59.2 Å². The van der Waals surface area contributed by atoms with Gasteiger partial charge in [0.25, 0.3) is 0 Å². The molecule has 1 aliphatic carbocycles. The summed E-state index contributed by atoms with van der Waals surface area (Å²) in [6.07, 6.45) is 5.11. The fourth-order valence-corrected chi connectivity index (χ4v) is 4.50. The molecule has 0 saturated carbocycles. The van der Waals surface area contributed by atoms with Crippen LogP contribution in [-0.2, 0) is 34.1 Å². The summed E-state index contributed by atoms with van der Waals surface area (Å²) in [5.41, 5.74) is 4.20. The van der Waals surface area contributed by atoms with E-state index in [0.29, 0.717) is 0 Å². The van der Waals surface area contributed by atoms with Crippen molar-refractivity contribution in [3.8, 4) is 0 Å². The second-order valence-electron chi connectivity index (χ2n) is 6.84. The Morgan fingerprint density at radius 2 is 1.78 bits per heavy atom. The lowest BCUT2D eigenvalue weighted by Gasteiger charge is -2.16. The molecule has 0 aliphatic heterocycles. The number of hydrogen-bond donors (Lipinski definition) is 2. The number of aryl methyl sites for hydroxylation is 3. The third kappa shape index (κ3) is 4.96. The van der Waals surface area contributed by atoms with Gasteiger partial charge in [-0.1, -0.05) is 31.2 Å². The Hall–Kier alpha value is -2.18. The van der Waals surface area contributed by atoms with Crippen LogP contribution in [0.1, 0.15) is 42.9 Å². The molecule has 0 fully saturated rings. The van der Waals surface area contributed by atoms with Crippen LogP contribution in [-0.4, -0.2) is 20.9 Å². The van der Waals surface area contributed by atoms with Gasteiger partial charge in [-0.05, 0) is 67.0 Å². The Morgan fingerprint density at radius 3 is 2.56 bits per heavy atom. The van der Waals surface area contributed by atoms with Gasteiger partial charge < -0.3 is 5.32 Å². The summed E-state index contributed by atoms with van der Waals surface area (Å²) in [7, 11) is -3.61.